The van der Waals surface area contributed by atoms with Crippen LogP contribution in [-0.4, -0.2) is 49.5 Å². The van der Waals surface area contributed by atoms with E-state index in [0.29, 0.717) is 19.0 Å². The SMILES string of the molecule is COc1ccc(O[C@H]2[C@H](O)[C@@H](OCc3ccccc3)[C@@H]3OC[C@H]2O3)cc1. The van der Waals surface area contributed by atoms with Gasteiger partial charge in [0, 0.05) is 0 Å². The fourth-order valence-electron chi connectivity index (χ4n) is 3.25. The van der Waals surface area contributed by atoms with E-state index in [9.17, 15) is 5.11 Å². The van der Waals surface area contributed by atoms with Crippen LogP contribution in [0.2, 0.25) is 0 Å². The van der Waals surface area contributed by atoms with Crippen molar-refractivity contribution in [2.75, 3.05) is 13.7 Å². The van der Waals surface area contributed by atoms with E-state index in [4.69, 9.17) is 23.7 Å². The highest BCUT2D eigenvalue weighted by atomic mass is 16.8. The smallest absolute Gasteiger partial charge is 0.187 e. The van der Waals surface area contributed by atoms with Gasteiger partial charge in [-0.25, -0.2) is 0 Å². The standard InChI is InChI=1S/C20H22O6/c1-22-14-7-9-15(10-8-14)25-18-16-12-24-20(26-16)19(17(18)21)23-11-13-5-3-2-4-6-13/h2-10,16-21H,11-12H2,1H3/t16-,17+,18-,19-,20-/m1/s1. The van der Waals surface area contributed by atoms with Crippen molar-refractivity contribution < 1.29 is 28.8 Å². The van der Waals surface area contributed by atoms with Crippen LogP contribution in [0.5, 0.6) is 11.5 Å². The molecular weight excluding hydrogens is 336 g/mol. The van der Waals surface area contributed by atoms with Crippen LogP contribution >= 0.6 is 0 Å². The van der Waals surface area contributed by atoms with Gasteiger partial charge in [-0.3, -0.25) is 0 Å². The lowest BCUT2D eigenvalue weighted by Crippen LogP contribution is -2.57. The Morgan fingerprint density at radius 3 is 2.46 bits per heavy atom. The fourth-order valence-corrected chi connectivity index (χ4v) is 3.25. The Kier molecular flexibility index (Phi) is 5.08. The molecular formula is C20H22O6. The van der Waals surface area contributed by atoms with E-state index in [0.717, 1.165) is 11.3 Å². The van der Waals surface area contributed by atoms with Crippen molar-refractivity contribution in [3.63, 3.8) is 0 Å². The molecule has 0 amide bonds. The van der Waals surface area contributed by atoms with Gasteiger partial charge in [-0.15, -0.1) is 0 Å². The van der Waals surface area contributed by atoms with Crippen LogP contribution in [0, 0.1) is 0 Å². The van der Waals surface area contributed by atoms with Crippen LogP contribution in [0.4, 0.5) is 0 Å². The van der Waals surface area contributed by atoms with Crippen molar-refractivity contribution in [2.24, 2.45) is 0 Å². The average Bonchev–Trinajstić information content (AvgIpc) is 3.12. The number of aliphatic hydroxyl groups excluding tert-OH is 1. The maximum absolute atomic E-state index is 10.8. The van der Waals surface area contributed by atoms with Crippen LogP contribution in [-0.2, 0) is 20.8 Å². The summed E-state index contributed by atoms with van der Waals surface area (Å²) in [6.45, 7) is 0.736. The minimum Gasteiger partial charge on any atom is -0.497 e. The number of ether oxygens (including phenoxy) is 5. The molecule has 0 aromatic heterocycles. The van der Waals surface area contributed by atoms with E-state index in [1.54, 1.807) is 19.2 Å². The number of fused-ring (bicyclic) bond motifs is 2. The highest BCUT2D eigenvalue weighted by Gasteiger charge is 2.52. The van der Waals surface area contributed by atoms with E-state index in [1.165, 1.54) is 0 Å². The zero-order valence-corrected chi connectivity index (χ0v) is 14.5. The number of hydrogen-bond acceptors (Lipinski definition) is 6. The topological polar surface area (TPSA) is 66.4 Å². The maximum Gasteiger partial charge on any atom is 0.187 e. The van der Waals surface area contributed by atoms with E-state index >= 15 is 0 Å². The molecule has 138 valence electrons. The molecule has 2 heterocycles. The second kappa shape index (κ2) is 7.63. The Morgan fingerprint density at radius 1 is 1.00 bits per heavy atom. The summed E-state index contributed by atoms with van der Waals surface area (Å²) in [6.07, 6.45) is -2.93. The average molecular weight is 358 g/mol. The summed E-state index contributed by atoms with van der Waals surface area (Å²) in [7, 11) is 1.61. The number of aliphatic hydroxyl groups is 1. The Balaban J connectivity index is 1.44. The molecule has 4 rings (SSSR count). The fraction of sp³-hybridized carbons (Fsp3) is 0.400. The summed E-state index contributed by atoms with van der Waals surface area (Å²) in [5.74, 6) is 1.37. The molecule has 26 heavy (non-hydrogen) atoms. The third-order valence-corrected chi connectivity index (χ3v) is 4.66. The van der Waals surface area contributed by atoms with Gasteiger partial charge < -0.3 is 28.8 Å². The zero-order valence-electron chi connectivity index (χ0n) is 14.5. The second-order valence-corrected chi connectivity index (χ2v) is 6.39. The summed E-state index contributed by atoms with van der Waals surface area (Å²) < 4.78 is 28.5. The molecule has 5 atom stereocenters. The van der Waals surface area contributed by atoms with Gasteiger partial charge in [0.2, 0.25) is 0 Å². The molecule has 2 aliphatic rings. The molecule has 2 bridgehead atoms. The van der Waals surface area contributed by atoms with Crippen molar-refractivity contribution in [1.82, 2.24) is 0 Å². The van der Waals surface area contributed by atoms with Crippen LogP contribution in [0.1, 0.15) is 5.56 Å². The first-order chi connectivity index (χ1) is 12.7. The lowest BCUT2D eigenvalue weighted by atomic mass is 10.0. The third-order valence-electron chi connectivity index (χ3n) is 4.66. The Hall–Kier alpha value is -2.12. The molecule has 0 unspecified atom stereocenters. The van der Waals surface area contributed by atoms with Gasteiger partial charge in [0.05, 0.1) is 20.3 Å². The zero-order chi connectivity index (χ0) is 17.9. The predicted octanol–water partition coefficient (Wildman–Crippen LogP) is 2.14. The number of benzene rings is 2. The summed E-state index contributed by atoms with van der Waals surface area (Å²) in [5.41, 5.74) is 1.02. The molecule has 2 aromatic carbocycles. The molecule has 6 heteroatoms. The molecule has 2 fully saturated rings. The summed E-state index contributed by atoms with van der Waals surface area (Å²) >= 11 is 0. The van der Waals surface area contributed by atoms with Crippen molar-refractivity contribution in [3.8, 4) is 11.5 Å². The molecule has 2 saturated heterocycles. The molecule has 1 N–H and O–H groups in total. The quantitative estimate of drug-likeness (QED) is 0.854. The third kappa shape index (κ3) is 3.54. The lowest BCUT2D eigenvalue weighted by molar-refractivity contribution is -0.241. The minimum atomic E-state index is -0.855. The molecule has 0 saturated carbocycles. The number of hydrogen-bond donors (Lipinski definition) is 1. The predicted molar refractivity (Wildman–Crippen MR) is 93.0 cm³/mol. The molecule has 0 radical (unpaired) electrons. The van der Waals surface area contributed by atoms with Gasteiger partial charge >= 0.3 is 0 Å². The van der Waals surface area contributed by atoms with E-state index in [-0.39, 0.29) is 6.10 Å². The number of rotatable bonds is 6. The Labute approximate surface area is 152 Å². The maximum atomic E-state index is 10.8. The van der Waals surface area contributed by atoms with Gasteiger partial charge in [0.1, 0.15) is 29.8 Å². The van der Waals surface area contributed by atoms with Crippen LogP contribution < -0.4 is 9.47 Å². The van der Waals surface area contributed by atoms with Crippen LogP contribution in [0.3, 0.4) is 0 Å². The normalized spacial score (nSPS) is 30.2. The summed E-state index contributed by atoms with van der Waals surface area (Å²) in [5, 5.41) is 10.8. The molecule has 0 spiro atoms. The summed E-state index contributed by atoms with van der Waals surface area (Å²) in [6, 6.07) is 17.0. The highest BCUT2D eigenvalue weighted by molar-refractivity contribution is 5.31. The first-order valence-electron chi connectivity index (χ1n) is 8.66. The van der Waals surface area contributed by atoms with E-state index in [1.807, 2.05) is 42.5 Å². The molecule has 2 aromatic rings. The van der Waals surface area contributed by atoms with Gasteiger partial charge in [-0.2, -0.15) is 0 Å². The Bertz CT molecular complexity index is 704. The first-order valence-corrected chi connectivity index (χ1v) is 8.66. The first kappa shape index (κ1) is 17.3. The van der Waals surface area contributed by atoms with Crippen LogP contribution in [0.15, 0.2) is 54.6 Å². The Morgan fingerprint density at radius 2 is 1.73 bits per heavy atom. The number of methoxy groups -OCH3 is 1. The van der Waals surface area contributed by atoms with Crippen molar-refractivity contribution in [2.45, 2.75) is 37.3 Å². The van der Waals surface area contributed by atoms with Crippen LogP contribution in [0.25, 0.3) is 0 Å². The van der Waals surface area contributed by atoms with Crippen molar-refractivity contribution >= 4 is 0 Å². The monoisotopic (exact) mass is 358 g/mol. The van der Waals surface area contributed by atoms with Gasteiger partial charge in [0.15, 0.2) is 12.4 Å². The minimum absolute atomic E-state index is 0.325. The van der Waals surface area contributed by atoms with Crippen molar-refractivity contribution in [3.05, 3.63) is 60.2 Å². The lowest BCUT2D eigenvalue weighted by Gasteiger charge is -2.37. The van der Waals surface area contributed by atoms with Gasteiger partial charge in [-0.1, -0.05) is 30.3 Å². The van der Waals surface area contributed by atoms with Gasteiger partial charge in [-0.05, 0) is 29.8 Å². The second-order valence-electron chi connectivity index (χ2n) is 6.39. The highest BCUT2D eigenvalue weighted by Crippen LogP contribution is 2.33. The van der Waals surface area contributed by atoms with E-state index in [2.05, 4.69) is 0 Å². The largest absolute Gasteiger partial charge is 0.497 e. The molecule has 0 aliphatic carbocycles. The van der Waals surface area contributed by atoms with E-state index < -0.39 is 24.6 Å². The molecule has 2 aliphatic heterocycles. The van der Waals surface area contributed by atoms with Gasteiger partial charge in [0.25, 0.3) is 0 Å². The molecule has 6 nitrogen and oxygen atoms in total. The summed E-state index contributed by atoms with van der Waals surface area (Å²) in [4.78, 5) is 0. The van der Waals surface area contributed by atoms with Crippen molar-refractivity contribution in [1.29, 1.82) is 0 Å².